The highest BCUT2D eigenvalue weighted by atomic mass is 16.4. The number of benzene rings is 1. The maximum absolute atomic E-state index is 11.9. The molecule has 1 heterocycles. The predicted octanol–water partition coefficient (Wildman–Crippen LogP) is 1.29. The van der Waals surface area contributed by atoms with Gasteiger partial charge in [-0.2, -0.15) is 5.26 Å². The average Bonchev–Trinajstić information content (AvgIpc) is 2.82. The van der Waals surface area contributed by atoms with Gasteiger partial charge in [0.1, 0.15) is 0 Å². The van der Waals surface area contributed by atoms with Gasteiger partial charge < -0.3 is 10.4 Å². The van der Waals surface area contributed by atoms with Crippen molar-refractivity contribution in [1.29, 1.82) is 5.26 Å². The second-order valence-corrected chi connectivity index (χ2v) is 5.56. The maximum atomic E-state index is 11.9. The molecule has 1 amide bonds. The lowest BCUT2D eigenvalue weighted by atomic mass is 9.90. The SMILES string of the molecule is CC1(C(=O)O)CCN(CC(=O)Nc2ccc(C#N)cc2)C1. The van der Waals surface area contributed by atoms with Crippen LogP contribution in [0.4, 0.5) is 5.69 Å². The molecule has 0 radical (unpaired) electrons. The van der Waals surface area contributed by atoms with E-state index in [-0.39, 0.29) is 12.5 Å². The Morgan fingerprint density at radius 1 is 1.43 bits per heavy atom. The van der Waals surface area contributed by atoms with E-state index in [2.05, 4.69) is 5.32 Å². The number of hydrogen-bond donors (Lipinski definition) is 2. The van der Waals surface area contributed by atoms with Gasteiger partial charge in [-0.15, -0.1) is 0 Å². The van der Waals surface area contributed by atoms with Crippen molar-refractivity contribution >= 4 is 17.6 Å². The lowest BCUT2D eigenvalue weighted by molar-refractivity contribution is -0.147. The predicted molar refractivity (Wildman–Crippen MR) is 76.6 cm³/mol. The van der Waals surface area contributed by atoms with E-state index in [0.29, 0.717) is 30.8 Å². The van der Waals surface area contributed by atoms with Gasteiger partial charge in [0.25, 0.3) is 0 Å². The van der Waals surface area contributed by atoms with Crippen LogP contribution in [-0.4, -0.2) is 41.5 Å². The van der Waals surface area contributed by atoms with Crippen molar-refractivity contribution < 1.29 is 14.7 Å². The summed E-state index contributed by atoms with van der Waals surface area (Å²) in [5, 5.41) is 20.6. The minimum absolute atomic E-state index is 0.170. The zero-order valence-electron chi connectivity index (χ0n) is 11.8. The molecule has 1 aromatic rings. The van der Waals surface area contributed by atoms with Gasteiger partial charge in [-0.05, 0) is 44.2 Å². The minimum Gasteiger partial charge on any atom is -0.481 e. The summed E-state index contributed by atoms with van der Waals surface area (Å²) in [5.74, 6) is -1.01. The van der Waals surface area contributed by atoms with Crippen LogP contribution >= 0.6 is 0 Å². The van der Waals surface area contributed by atoms with Gasteiger partial charge in [-0.1, -0.05) is 0 Å². The first-order valence-corrected chi connectivity index (χ1v) is 6.69. The van der Waals surface area contributed by atoms with Crippen LogP contribution in [-0.2, 0) is 9.59 Å². The fourth-order valence-electron chi connectivity index (χ4n) is 2.40. The molecule has 2 N–H and O–H groups in total. The first-order chi connectivity index (χ1) is 9.93. The van der Waals surface area contributed by atoms with Gasteiger partial charge in [0.15, 0.2) is 0 Å². The summed E-state index contributed by atoms with van der Waals surface area (Å²) < 4.78 is 0. The number of rotatable bonds is 4. The van der Waals surface area contributed by atoms with Gasteiger partial charge in [-0.25, -0.2) is 0 Å². The van der Waals surface area contributed by atoms with E-state index in [1.54, 1.807) is 31.2 Å². The van der Waals surface area contributed by atoms with Crippen molar-refractivity contribution in [3.05, 3.63) is 29.8 Å². The second-order valence-electron chi connectivity index (χ2n) is 5.56. The van der Waals surface area contributed by atoms with Crippen molar-refractivity contribution in [2.45, 2.75) is 13.3 Å². The van der Waals surface area contributed by atoms with Gasteiger partial charge in [0.2, 0.25) is 5.91 Å². The monoisotopic (exact) mass is 287 g/mol. The lowest BCUT2D eigenvalue weighted by Gasteiger charge is -2.19. The Morgan fingerprint density at radius 2 is 2.10 bits per heavy atom. The first-order valence-electron chi connectivity index (χ1n) is 6.69. The van der Waals surface area contributed by atoms with Crippen LogP contribution < -0.4 is 5.32 Å². The van der Waals surface area contributed by atoms with E-state index >= 15 is 0 Å². The van der Waals surface area contributed by atoms with Crippen molar-refractivity contribution in [1.82, 2.24) is 4.90 Å². The maximum Gasteiger partial charge on any atom is 0.310 e. The van der Waals surface area contributed by atoms with E-state index in [1.165, 1.54) is 0 Å². The third-order valence-electron chi connectivity index (χ3n) is 3.73. The molecule has 21 heavy (non-hydrogen) atoms. The standard InChI is InChI=1S/C15H17N3O3/c1-15(14(20)21)6-7-18(10-15)9-13(19)17-12-4-2-11(8-16)3-5-12/h2-5H,6-7,9-10H2,1H3,(H,17,19)(H,20,21). The fraction of sp³-hybridized carbons (Fsp3) is 0.400. The zero-order chi connectivity index (χ0) is 15.5. The van der Waals surface area contributed by atoms with Gasteiger partial charge >= 0.3 is 5.97 Å². The average molecular weight is 287 g/mol. The van der Waals surface area contributed by atoms with Crippen LogP contribution in [0, 0.1) is 16.7 Å². The lowest BCUT2D eigenvalue weighted by Crippen LogP contribution is -2.35. The molecule has 6 heteroatoms. The number of carbonyl (C=O) groups excluding carboxylic acids is 1. The molecule has 1 aliphatic heterocycles. The number of amides is 1. The minimum atomic E-state index is -0.822. The number of carboxylic acids is 1. The summed E-state index contributed by atoms with van der Waals surface area (Å²) in [4.78, 5) is 24.9. The molecule has 1 unspecified atom stereocenters. The topological polar surface area (TPSA) is 93.4 Å². The van der Waals surface area contributed by atoms with E-state index in [0.717, 1.165) is 0 Å². The van der Waals surface area contributed by atoms with Crippen molar-refractivity contribution in [3.8, 4) is 6.07 Å². The molecule has 6 nitrogen and oxygen atoms in total. The van der Waals surface area contributed by atoms with Crippen molar-refractivity contribution in [2.24, 2.45) is 5.41 Å². The van der Waals surface area contributed by atoms with Crippen LogP contribution in [0.1, 0.15) is 18.9 Å². The molecular weight excluding hydrogens is 270 g/mol. The number of nitrogens with zero attached hydrogens (tertiary/aromatic N) is 2. The van der Waals surface area contributed by atoms with Crippen LogP contribution in [0.15, 0.2) is 24.3 Å². The molecule has 0 spiro atoms. The smallest absolute Gasteiger partial charge is 0.310 e. The quantitative estimate of drug-likeness (QED) is 0.870. The summed E-state index contributed by atoms with van der Waals surface area (Å²) in [6, 6.07) is 8.61. The molecule has 0 aliphatic carbocycles. The number of hydrogen-bond acceptors (Lipinski definition) is 4. The number of likely N-dealkylation sites (tertiary alicyclic amines) is 1. The van der Waals surface area contributed by atoms with E-state index in [4.69, 9.17) is 10.4 Å². The number of nitriles is 1. The van der Waals surface area contributed by atoms with Crippen LogP contribution in [0.5, 0.6) is 0 Å². The normalized spacial score (nSPS) is 21.7. The molecule has 110 valence electrons. The third-order valence-corrected chi connectivity index (χ3v) is 3.73. The fourth-order valence-corrected chi connectivity index (χ4v) is 2.40. The third kappa shape index (κ3) is 3.58. The summed E-state index contributed by atoms with van der Waals surface area (Å²) in [7, 11) is 0. The number of carboxylic acid groups (broad SMARTS) is 1. The van der Waals surface area contributed by atoms with E-state index in [1.807, 2.05) is 11.0 Å². The Morgan fingerprint density at radius 3 is 2.62 bits per heavy atom. The van der Waals surface area contributed by atoms with Crippen LogP contribution in [0.25, 0.3) is 0 Å². The van der Waals surface area contributed by atoms with Crippen LogP contribution in [0.2, 0.25) is 0 Å². The summed E-state index contributed by atoms with van der Waals surface area (Å²) in [6.07, 6.45) is 0.548. The number of nitrogens with one attached hydrogen (secondary N) is 1. The molecule has 1 fully saturated rings. The molecule has 1 aromatic carbocycles. The van der Waals surface area contributed by atoms with Crippen molar-refractivity contribution in [2.75, 3.05) is 25.0 Å². The molecule has 0 saturated carbocycles. The number of carbonyl (C=O) groups is 2. The van der Waals surface area contributed by atoms with Crippen LogP contribution in [0.3, 0.4) is 0 Å². The van der Waals surface area contributed by atoms with Gasteiger partial charge in [-0.3, -0.25) is 14.5 Å². The highest BCUT2D eigenvalue weighted by Crippen LogP contribution is 2.29. The molecule has 0 bridgehead atoms. The Labute approximate surface area is 123 Å². The molecular formula is C15H17N3O3. The Balaban J connectivity index is 1.88. The van der Waals surface area contributed by atoms with Crippen molar-refractivity contribution in [3.63, 3.8) is 0 Å². The highest BCUT2D eigenvalue weighted by molar-refractivity contribution is 5.92. The molecule has 1 saturated heterocycles. The zero-order valence-corrected chi connectivity index (χ0v) is 11.8. The summed E-state index contributed by atoms with van der Waals surface area (Å²) in [5.41, 5.74) is 0.387. The first kappa shape index (κ1) is 15.0. The van der Waals surface area contributed by atoms with E-state index in [9.17, 15) is 9.59 Å². The van der Waals surface area contributed by atoms with E-state index < -0.39 is 11.4 Å². The summed E-state index contributed by atoms with van der Waals surface area (Å²) >= 11 is 0. The number of anilines is 1. The molecule has 0 aromatic heterocycles. The molecule has 1 atom stereocenters. The van der Waals surface area contributed by atoms with Gasteiger partial charge in [0.05, 0.1) is 23.6 Å². The number of aliphatic carboxylic acids is 1. The Kier molecular flexibility index (Phi) is 4.24. The highest BCUT2D eigenvalue weighted by Gasteiger charge is 2.40. The Hall–Kier alpha value is -2.39. The second kappa shape index (κ2) is 5.94. The summed E-state index contributed by atoms with van der Waals surface area (Å²) in [6.45, 7) is 2.85. The van der Waals surface area contributed by atoms with Gasteiger partial charge in [0, 0.05) is 12.2 Å². The molecule has 1 aliphatic rings. The largest absolute Gasteiger partial charge is 0.481 e. The molecule has 2 rings (SSSR count). The Bertz CT molecular complexity index is 591.